The van der Waals surface area contributed by atoms with Gasteiger partial charge in [-0.2, -0.15) is 0 Å². The lowest BCUT2D eigenvalue weighted by Crippen LogP contribution is -2.37. The van der Waals surface area contributed by atoms with Crippen molar-refractivity contribution >= 4 is 11.7 Å². The Labute approximate surface area is 133 Å². The van der Waals surface area contributed by atoms with Crippen LogP contribution in [0.3, 0.4) is 0 Å². The fourth-order valence-corrected chi connectivity index (χ4v) is 3.72. The van der Waals surface area contributed by atoms with Gasteiger partial charge in [0.2, 0.25) is 0 Å². The Morgan fingerprint density at radius 2 is 1.95 bits per heavy atom. The Kier molecular flexibility index (Phi) is 4.42. The summed E-state index contributed by atoms with van der Waals surface area (Å²) in [6.07, 6.45) is 3.57. The fourth-order valence-electron chi connectivity index (χ4n) is 3.72. The summed E-state index contributed by atoms with van der Waals surface area (Å²) < 4.78 is 5.93. The van der Waals surface area contributed by atoms with E-state index in [-0.39, 0.29) is 18.1 Å². The lowest BCUT2D eigenvalue weighted by Gasteiger charge is -2.36. The number of hydrogen-bond acceptors (Lipinski definition) is 3. The van der Waals surface area contributed by atoms with Crippen molar-refractivity contribution in [3.63, 3.8) is 0 Å². The van der Waals surface area contributed by atoms with Crippen LogP contribution in [0, 0.1) is 17.8 Å². The van der Waals surface area contributed by atoms with Gasteiger partial charge in [0.25, 0.3) is 0 Å². The molecule has 120 valence electrons. The summed E-state index contributed by atoms with van der Waals surface area (Å²) in [7, 11) is 0. The molecule has 0 amide bonds. The molecule has 22 heavy (non-hydrogen) atoms. The van der Waals surface area contributed by atoms with E-state index in [0.29, 0.717) is 17.8 Å². The molecule has 0 N–H and O–H groups in total. The van der Waals surface area contributed by atoms with Crippen molar-refractivity contribution in [1.82, 2.24) is 0 Å². The zero-order valence-corrected chi connectivity index (χ0v) is 13.9. The van der Waals surface area contributed by atoms with Crippen LogP contribution in [0.15, 0.2) is 30.3 Å². The maximum atomic E-state index is 12.5. The molecule has 3 rings (SSSR count). The summed E-state index contributed by atoms with van der Waals surface area (Å²) in [6, 6.07) is 10.0. The van der Waals surface area contributed by atoms with Crippen LogP contribution in [0.2, 0.25) is 0 Å². The number of rotatable bonds is 4. The number of benzene rings is 1. The third-order valence-corrected chi connectivity index (χ3v) is 5.20. The molecule has 1 aromatic carbocycles. The highest BCUT2D eigenvalue weighted by atomic mass is 16.5. The summed E-state index contributed by atoms with van der Waals surface area (Å²) in [5.74, 6) is 1.73. The Bertz CT molecular complexity index is 513. The van der Waals surface area contributed by atoms with E-state index in [2.05, 4.69) is 25.7 Å². The number of carbonyl (C=O) groups is 1. The van der Waals surface area contributed by atoms with Crippen LogP contribution in [-0.2, 0) is 9.53 Å². The highest BCUT2D eigenvalue weighted by Gasteiger charge is 2.44. The standard InChI is InChI=1S/C19H27NO2/c1-13(2)16-10-9-14(3)11-18(16)22-19(21)17-12-20(17)15-7-5-4-6-8-15/h4-8,13-14,16-18H,9-12H2,1-3H3/t14-,16+,17?,18-,20?/m1/s1. The van der Waals surface area contributed by atoms with Gasteiger partial charge < -0.3 is 9.64 Å². The van der Waals surface area contributed by atoms with E-state index < -0.39 is 0 Å². The maximum absolute atomic E-state index is 12.5. The molecule has 1 aliphatic heterocycles. The fraction of sp³-hybridized carbons (Fsp3) is 0.632. The van der Waals surface area contributed by atoms with Crippen LogP contribution in [0.25, 0.3) is 0 Å². The molecule has 1 saturated carbocycles. The average Bonchev–Trinajstić information content (AvgIpc) is 3.28. The van der Waals surface area contributed by atoms with Gasteiger partial charge in [0.15, 0.2) is 0 Å². The number of hydrogen-bond donors (Lipinski definition) is 0. The monoisotopic (exact) mass is 301 g/mol. The van der Waals surface area contributed by atoms with Gasteiger partial charge in [-0.1, -0.05) is 45.4 Å². The van der Waals surface area contributed by atoms with Crippen LogP contribution in [0.5, 0.6) is 0 Å². The number of esters is 1. The molecule has 4 atom stereocenters. The van der Waals surface area contributed by atoms with Gasteiger partial charge in [-0.15, -0.1) is 0 Å². The van der Waals surface area contributed by atoms with Gasteiger partial charge in [-0.25, -0.2) is 4.79 Å². The third-order valence-electron chi connectivity index (χ3n) is 5.20. The predicted molar refractivity (Wildman–Crippen MR) is 88.8 cm³/mol. The quantitative estimate of drug-likeness (QED) is 0.624. The van der Waals surface area contributed by atoms with Crippen molar-refractivity contribution in [1.29, 1.82) is 0 Å². The van der Waals surface area contributed by atoms with Crippen LogP contribution >= 0.6 is 0 Å². The van der Waals surface area contributed by atoms with Gasteiger partial charge in [0, 0.05) is 5.69 Å². The van der Waals surface area contributed by atoms with Gasteiger partial charge in [-0.05, 0) is 42.7 Å². The molecular weight excluding hydrogens is 274 g/mol. The number of anilines is 1. The van der Waals surface area contributed by atoms with Crippen LogP contribution in [0.1, 0.15) is 40.0 Å². The second kappa shape index (κ2) is 6.31. The molecule has 1 aromatic rings. The largest absolute Gasteiger partial charge is 0.460 e. The minimum absolute atomic E-state index is 0.0337. The molecule has 1 aliphatic carbocycles. The van der Waals surface area contributed by atoms with Crippen molar-refractivity contribution < 1.29 is 9.53 Å². The van der Waals surface area contributed by atoms with Crippen molar-refractivity contribution in [2.75, 3.05) is 11.4 Å². The first-order valence-electron chi connectivity index (χ1n) is 8.58. The summed E-state index contributed by atoms with van der Waals surface area (Å²) in [4.78, 5) is 14.6. The zero-order valence-electron chi connectivity index (χ0n) is 13.9. The van der Waals surface area contributed by atoms with E-state index in [1.165, 1.54) is 12.8 Å². The van der Waals surface area contributed by atoms with Gasteiger partial charge in [0.05, 0.1) is 6.54 Å². The minimum Gasteiger partial charge on any atom is -0.460 e. The molecule has 3 nitrogen and oxygen atoms in total. The van der Waals surface area contributed by atoms with Crippen LogP contribution in [0.4, 0.5) is 5.69 Å². The van der Waals surface area contributed by atoms with E-state index in [1.54, 1.807) is 0 Å². The Balaban J connectivity index is 1.59. The minimum atomic E-state index is -0.0764. The highest BCUT2D eigenvalue weighted by molar-refractivity contribution is 5.86. The molecule has 0 aromatic heterocycles. The Morgan fingerprint density at radius 1 is 1.23 bits per heavy atom. The summed E-state index contributed by atoms with van der Waals surface area (Å²) in [6.45, 7) is 7.55. The van der Waals surface area contributed by atoms with E-state index in [4.69, 9.17) is 4.74 Å². The summed E-state index contributed by atoms with van der Waals surface area (Å²) in [5, 5.41) is 0. The molecule has 2 aliphatic rings. The first-order chi connectivity index (χ1) is 10.6. The van der Waals surface area contributed by atoms with E-state index in [0.717, 1.165) is 18.7 Å². The molecule has 3 heteroatoms. The van der Waals surface area contributed by atoms with Gasteiger partial charge in [0.1, 0.15) is 12.1 Å². The van der Waals surface area contributed by atoms with Crippen molar-refractivity contribution in [3.8, 4) is 0 Å². The van der Waals surface area contributed by atoms with Crippen molar-refractivity contribution in [2.24, 2.45) is 17.8 Å². The third kappa shape index (κ3) is 3.29. The number of nitrogens with zero attached hydrogens (tertiary/aromatic N) is 1. The smallest absolute Gasteiger partial charge is 0.330 e. The molecule has 1 saturated heterocycles. The van der Waals surface area contributed by atoms with Crippen molar-refractivity contribution in [2.45, 2.75) is 52.2 Å². The molecule has 1 unspecified atom stereocenters. The lowest BCUT2D eigenvalue weighted by molar-refractivity contribution is -0.154. The SMILES string of the molecule is CC(C)[C@@H]1CC[C@@H](C)C[C@H]1OC(=O)C1CN1c1ccccc1. The second-order valence-electron chi connectivity index (χ2n) is 7.31. The van der Waals surface area contributed by atoms with E-state index >= 15 is 0 Å². The van der Waals surface area contributed by atoms with Crippen LogP contribution in [-0.4, -0.2) is 24.7 Å². The van der Waals surface area contributed by atoms with E-state index in [9.17, 15) is 4.79 Å². The average molecular weight is 301 g/mol. The number of ether oxygens (including phenoxy) is 1. The normalized spacial score (nSPS) is 31.2. The van der Waals surface area contributed by atoms with Gasteiger partial charge >= 0.3 is 5.97 Å². The topological polar surface area (TPSA) is 29.3 Å². The van der Waals surface area contributed by atoms with Crippen LogP contribution < -0.4 is 4.90 Å². The Hall–Kier alpha value is -1.51. The molecule has 0 radical (unpaired) electrons. The predicted octanol–water partition coefficient (Wildman–Crippen LogP) is 3.88. The summed E-state index contributed by atoms with van der Waals surface area (Å²) in [5.41, 5.74) is 1.11. The maximum Gasteiger partial charge on any atom is 0.330 e. The molecular formula is C19H27NO2. The highest BCUT2D eigenvalue weighted by Crippen LogP contribution is 2.36. The zero-order chi connectivity index (χ0) is 15.7. The van der Waals surface area contributed by atoms with E-state index in [1.807, 2.05) is 30.3 Å². The molecule has 0 spiro atoms. The Morgan fingerprint density at radius 3 is 2.64 bits per heavy atom. The summed E-state index contributed by atoms with van der Waals surface area (Å²) >= 11 is 0. The number of para-hydroxylation sites is 1. The second-order valence-corrected chi connectivity index (χ2v) is 7.31. The first kappa shape index (κ1) is 15.4. The molecule has 0 bridgehead atoms. The van der Waals surface area contributed by atoms with Crippen molar-refractivity contribution in [3.05, 3.63) is 30.3 Å². The number of carbonyl (C=O) groups excluding carboxylic acids is 1. The van der Waals surface area contributed by atoms with Gasteiger partial charge in [-0.3, -0.25) is 0 Å². The lowest BCUT2D eigenvalue weighted by atomic mass is 9.75. The first-order valence-corrected chi connectivity index (χ1v) is 8.58. The molecule has 1 heterocycles. The molecule has 2 fully saturated rings.